The van der Waals surface area contributed by atoms with Crippen molar-refractivity contribution >= 4 is 0 Å². The molecule has 0 heteroatoms. The fraction of sp³-hybridized carbons (Fsp3) is 1.00. The van der Waals surface area contributed by atoms with E-state index in [0.29, 0.717) is 0 Å². The molecule has 0 bridgehead atoms. The van der Waals surface area contributed by atoms with E-state index in [2.05, 4.69) is 20.8 Å². The molecule has 56 valence electrons. The first kappa shape index (κ1) is 5.62. The van der Waals surface area contributed by atoms with Gasteiger partial charge in [0.05, 0.1) is 0 Å². The van der Waals surface area contributed by atoms with Gasteiger partial charge >= 0.3 is 0 Å². The lowest BCUT2D eigenvalue weighted by Gasteiger charge is -2.11. The van der Waals surface area contributed by atoms with E-state index in [-0.39, 0.29) is 0 Å². The Hall–Kier alpha value is 0. The summed E-state index contributed by atoms with van der Waals surface area (Å²) in [5.74, 6) is 5.69. The second-order valence-corrected chi connectivity index (χ2v) is 5.30. The molecule has 0 N–H and O–H groups in total. The highest BCUT2D eigenvalue weighted by Crippen LogP contribution is 2.80. The summed E-state index contributed by atoms with van der Waals surface area (Å²) in [7, 11) is 0. The second-order valence-electron chi connectivity index (χ2n) is 5.30. The molecule has 5 atom stereocenters. The van der Waals surface area contributed by atoms with Crippen molar-refractivity contribution in [3.63, 3.8) is 0 Å². The number of hydrogen-bond donors (Lipinski definition) is 0. The fourth-order valence-electron chi connectivity index (χ4n) is 4.06. The van der Waals surface area contributed by atoms with Crippen LogP contribution in [0, 0.1) is 35.0 Å². The van der Waals surface area contributed by atoms with Crippen LogP contribution in [0.1, 0.15) is 27.2 Å². The molecule has 10 heavy (non-hydrogen) atoms. The van der Waals surface area contributed by atoms with E-state index in [0.717, 1.165) is 23.2 Å². The monoisotopic (exact) mass is 136 g/mol. The predicted molar refractivity (Wildman–Crippen MR) is 41.5 cm³/mol. The lowest BCUT2D eigenvalue weighted by atomic mass is 9.94. The van der Waals surface area contributed by atoms with Gasteiger partial charge in [0.1, 0.15) is 0 Å². The van der Waals surface area contributed by atoms with Crippen molar-refractivity contribution in [1.29, 1.82) is 0 Å². The molecule has 0 heterocycles. The second kappa shape index (κ2) is 1.19. The van der Waals surface area contributed by atoms with Crippen molar-refractivity contribution in [3.8, 4) is 0 Å². The maximum Gasteiger partial charge on any atom is -0.0286 e. The van der Waals surface area contributed by atoms with Crippen LogP contribution < -0.4 is 0 Å². The van der Waals surface area contributed by atoms with Gasteiger partial charge in [-0.2, -0.15) is 0 Å². The maximum atomic E-state index is 2.48. The van der Waals surface area contributed by atoms with Gasteiger partial charge in [0.2, 0.25) is 0 Å². The first-order valence-electron chi connectivity index (χ1n) is 4.64. The van der Waals surface area contributed by atoms with Gasteiger partial charge in [-0.3, -0.25) is 0 Å². The van der Waals surface area contributed by atoms with Gasteiger partial charge in [-0.25, -0.2) is 0 Å². The van der Waals surface area contributed by atoms with E-state index in [1.807, 2.05) is 0 Å². The number of hydrogen-bond acceptors (Lipinski definition) is 0. The minimum atomic E-state index is 0.747. The zero-order valence-corrected chi connectivity index (χ0v) is 7.09. The number of rotatable bonds is 0. The van der Waals surface area contributed by atoms with Crippen molar-refractivity contribution in [2.45, 2.75) is 27.2 Å². The van der Waals surface area contributed by atoms with Crippen LogP contribution >= 0.6 is 0 Å². The Bertz CT molecular complexity index is 186. The molecular weight excluding hydrogens is 120 g/mol. The van der Waals surface area contributed by atoms with Gasteiger partial charge in [0.25, 0.3) is 0 Å². The first-order chi connectivity index (χ1) is 4.64. The Balaban J connectivity index is 1.95. The summed E-state index contributed by atoms with van der Waals surface area (Å²) in [5, 5.41) is 0. The first-order valence-corrected chi connectivity index (χ1v) is 4.64. The van der Waals surface area contributed by atoms with E-state index in [9.17, 15) is 0 Å². The van der Waals surface area contributed by atoms with Crippen LogP contribution in [-0.4, -0.2) is 0 Å². The third kappa shape index (κ3) is 0.383. The van der Waals surface area contributed by atoms with E-state index in [1.165, 1.54) is 11.8 Å². The summed E-state index contributed by atoms with van der Waals surface area (Å²) in [6, 6.07) is 0. The van der Waals surface area contributed by atoms with Crippen molar-refractivity contribution in [3.05, 3.63) is 0 Å². The smallest absolute Gasteiger partial charge is 0.0286 e. The van der Waals surface area contributed by atoms with Crippen LogP contribution in [-0.2, 0) is 0 Å². The van der Waals surface area contributed by atoms with Crippen LogP contribution in [0.15, 0.2) is 0 Å². The Kier molecular flexibility index (Phi) is 0.669. The standard InChI is InChI=1S/C10H16/c1-5-6-4-7(6)9-8(5)10(9,2)3/h5-9H,4H2,1-3H3. The summed E-state index contributed by atoms with van der Waals surface area (Å²) in [4.78, 5) is 0. The van der Waals surface area contributed by atoms with Gasteiger partial charge in [0.15, 0.2) is 0 Å². The fourth-order valence-corrected chi connectivity index (χ4v) is 4.06. The lowest BCUT2D eigenvalue weighted by molar-refractivity contribution is 0.370. The topological polar surface area (TPSA) is 0 Å². The quantitative estimate of drug-likeness (QED) is 0.480. The zero-order chi connectivity index (χ0) is 7.09. The summed E-state index contributed by atoms with van der Waals surface area (Å²) in [5.41, 5.74) is 0.747. The molecule has 3 fully saturated rings. The number of fused-ring (bicyclic) bond motifs is 3. The average Bonchev–Trinajstić information content (AvgIpc) is 2.62. The van der Waals surface area contributed by atoms with Crippen LogP contribution in [0.4, 0.5) is 0 Å². The van der Waals surface area contributed by atoms with Crippen molar-refractivity contribution in [2.75, 3.05) is 0 Å². The SMILES string of the molecule is CC1C2CC2C2C1C2(C)C. The molecule has 5 unspecified atom stereocenters. The predicted octanol–water partition coefficient (Wildman–Crippen LogP) is 2.54. The third-order valence-electron chi connectivity index (χ3n) is 4.59. The Morgan fingerprint density at radius 3 is 2.20 bits per heavy atom. The normalized spacial score (nSPS) is 66.9. The van der Waals surface area contributed by atoms with Crippen LogP contribution in [0.3, 0.4) is 0 Å². The van der Waals surface area contributed by atoms with Crippen molar-refractivity contribution < 1.29 is 0 Å². The molecule has 0 aromatic heterocycles. The molecule has 3 aliphatic carbocycles. The molecule has 3 rings (SSSR count). The average molecular weight is 136 g/mol. The molecule has 0 aromatic carbocycles. The maximum absolute atomic E-state index is 2.48. The van der Waals surface area contributed by atoms with E-state index >= 15 is 0 Å². The van der Waals surface area contributed by atoms with Gasteiger partial charge in [0, 0.05) is 0 Å². The highest BCUT2D eigenvalue weighted by atomic mass is 14.8. The molecule has 0 spiro atoms. The minimum absolute atomic E-state index is 0.747. The molecule has 0 aliphatic heterocycles. The summed E-state index contributed by atoms with van der Waals surface area (Å²) in [6.45, 7) is 7.41. The van der Waals surface area contributed by atoms with Gasteiger partial charge in [-0.1, -0.05) is 20.8 Å². The van der Waals surface area contributed by atoms with E-state index in [1.54, 1.807) is 6.42 Å². The lowest BCUT2D eigenvalue weighted by Crippen LogP contribution is -2.05. The van der Waals surface area contributed by atoms with Crippen LogP contribution in [0.2, 0.25) is 0 Å². The van der Waals surface area contributed by atoms with Gasteiger partial charge in [-0.15, -0.1) is 0 Å². The highest BCUT2D eigenvalue weighted by molar-refractivity contribution is 5.22. The molecule has 3 saturated carbocycles. The minimum Gasteiger partial charge on any atom is -0.0619 e. The van der Waals surface area contributed by atoms with Crippen LogP contribution in [0.25, 0.3) is 0 Å². The molecular formula is C10H16. The third-order valence-corrected chi connectivity index (χ3v) is 4.59. The van der Waals surface area contributed by atoms with Gasteiger partial charge < -0.3 is 0 Å². The molecule has 0 aromatic rings. The largest absolute Gasteiger partial charge is 0.0619 e. The molecule has 0 nitrogen and oxygen atoms in total. The van der Waals surface area contributed by atoms with Crippen molar-refractivity contribution in [1.82, 2.24) is 0 Å². The Labute approximate surface area is 63.0 Å². The van der Waals surface area contributed by atoms with Crippen LogP contribution in [0.5, 0.6) is 0 Å². The molecule has 0 radical (unpaired) electrons. The van der Waals surface area contributed by atoms with Crippen molar-refractivity contribution in [2.24, 2.45) is 35.0 Å². The molecule has 0 amide bonds. The summed E-state index contributed by atoms with van der Waals surface area (Å²) < 4.78 is 0. The van der Waals surface area contributed by atoms with E-state index < -0.39 is 0 Å². The Morgan fingerprint density at radius 1 is 1.10 bits per heavy atom. The highest BCUT2D eigenvalue weighted by Gasteiger charge is 2.75. The Morgan fingerprint density at radius 2 is 1.80 bits per heavy atom. The zero-order valence-electron chi connectivity index (χ0n) is 7.09. The summed E-state index contributed by atoms with van der Waals surface area (Å²) >= 11 is 0. The van der Waals surface area contributed by atoms with E-state index in [4.69, 9.17) is 0 Å². The molecule has 3 aliphatic rings. The molecule has 0 saturated heterocycles. The van der Waals surface area contributed by atoms with Gasteiger partial charge in [-0.05, 0) is 41.4 Å². The summed E-state index contributed by atoms with van der Waals surface area (Å²) in [6.07, 6.45) is 1.58.